The van der Waals surface area contributed by atoms with E-state index in [0.29, 0.717) is 18.6 Å². The van der Waals surface area contributed by atoms with Crippen molar-refractivity contribution in [2.24, 2.45) is 5.92 Å². The zero-order chi connectivity index (χ0) is 12.5. The number of ether oxygens (including phenoxy) is 1. The van der Waals surface area contributed by atoms with Gasteiger partial charge in [0.15, 0.2) is 0 Å². The molecule has 0 aliphatic heterocycles. The molecule has 0 aromatic rings. The fraction of sp³-hybridized carbons (Fsp3) is 0.929. The van der Waals surface area contributed by atoms with E-state index in [9.17, 15) is 4.79 Å². The third-order valence-corrected chi connectivity index (χ3v) is 3.58. The van der Waals surface area contributed by atoms with Gasteiger partial charge in [-0.2, -0.15) is 0 Å². The molecule has 17 heavy (non-hydrogen) atoms. The van der Waals surface area contributed by atoms with Crippen LogP contribution in [0.25, 0.3) is 0 Å². The van der Waals surface area contributed by atoms with Crippen molar-refractivity contribution >= 4 is 5.91 Å². The summed E-state index contributed by atoms with van der Waals surface area (Å²) in [5.74, 6) is 0.697. The smallest absolute Gasteiger partial charge is 0.246 e. The standard InChI is InChI=1S/C14H27NO2/c1-3-10-17-11-14(16)15-12(2)13-8-6-4-5-7-9-13/h12-13H,3-11H2,1-2H3,(H,15,16)/t12-/m1/s1. The molecule has 1 aliphatic carbocycles. The van der Waals surface area contributed by atoms with Crippen molar-refractivity contribution < 1.29 is 9.53 Å². The van der Waals surface area contributed by atoms with E-state index < -0.39 is 0 Å². The minimum Gasteiger partial charge on any atom is -0.372 e. The van der Waals surface area contributed by atoms with Gasteiger partial charge in [-0.3, -0.25) is 4.79 Å². The number of amides is 1. The Hall–Kier alpha value is -0.570. The van der Waals surface area contributed by atoms with Gasteiger partial charge in [0.25, 0.3) is 0 Å². The molecule has 0 saturated heterocycles. The molecular formula is C14H27NO2. The monoisotopic (exact) mass is 241 g/mol. The maximum atomic E-state index is 11.6. The summed E-state index contributed by atoms with van der Waals surface area (Å²) >= 11 is 0. The number of carbonyl (C=O) groups is 1. The number of rotatable bonds is 6. The SMILES string of the molecule is CCCOCC(=O)N[C@H](C)C1CCCCCC1. The van der Waals surface area contributed by atoms with Crippen molar-refractivity contribution in [2.75, 3.05) is 13.2 Å². The first-order chi connectivity index (χ1) is 8.24. The molecule has 1 atom stereocenters. The van der Waals surface area contributed by atoms with Gasteiger partial charge in [0.1, 0.15) is 6.61 Å². The van der Waals surface area contributed by atoms with Gasteiger partial charge in [-0.25, -0.2) is 0 Å². The Labute approximate surface area is 105 Å². The highest BCUT2D eigenvalue weighted by Gasteiger charge is 2.20. The molecule has 0 aromatic carbocycles. The number of hydrogen-bond donors (Lipinski definition) is 1. The van der Waals surface area contributed by atoms with Crippen LogP contribution in [0, 0.1) is 5.92 Å². The summed E-state index contributed by atoms with van der Waals surface area (Å²) < 4.78 is 5.25. The first-order valence-corrected chi connectivity index (χ1v) is 7.11. The van der Waals surface area contributed by atoms with Gasteiger partial charge in [0, 0.05) is 12.6 Å². The molecule has 1 amide bonds. The molecule has 1 aliphatic rings. The number of nitrogens with one attached hydrogen (secondary N) is 1. The van der Waals surface area contributed by atoms with Gasteiger partial charge < -0.3 is 10.1 Å². The van der Waals surface area contributed by atoms with E-state index in [1.54, 1.807) is 0 Å². The van der Waals surface area contributed by atoms with Crippen LogP contribution in [0.1, 0.15) is 58.8 Å². The van der Waals surface area contributed by atoms with Crippen LogP contribution in [-0.4, -0.2) is 25.2 Å². The molecule has 0 unspecified atom stereocenters. The zero-order valence-electron chi connectivity index (χ0n) is 11.3. The van der Waals surface area contributed by atoms with E-state index in [-0.39, 0.29) is 12.5 Å². The molecule has 0 radical (unpaired) electrons. The van der Waals surface area contributed by atoms with E-state index in [0.717, 1.165) is 6.42 Å². The lowest BCUT2D eigenvalue weighted by Crippen LogP contribution is -2.40. The fourth-order valence-corrected chi connectivity index (χ4v) is 2.53. The molecule has 1 saturated carbocycles. The van der Waals surface area contributed by atoms with Crippen LogP contribution >= 0.6 is 0 Å². The topological polar surface area (TPSA) is 38.3 Å². The summed E-state index contributed by atoms with van der Waals surface area (Å²) in [6, 6.07) is 0.297. The summed E-state index contributed by atoms with van der Waals surface area (Å²) in [6.07, 6.45) is 8.84. The molecule has 1 rings (SSSR count). The Balaban J connectivity index is 2.21. The lowest BCUT2D eigenvalue weighted by molar-refractivity contribution is -0.126. The number of carbonyl (C=O) groups excluding carboxylic acids is 1. The Morgan fingerprint density at radius 1 is 1.29 bits per heavy atom. The predicted octanol–water partition coefficient (Wildman–Crippen LogP) is 2.89. The molecular weight excluding hydrogens is 214 g/mol. The lowest BCUT2D eigenvalue weighted by atomic mass is 9.93. The number of hydrogen-bond acceptors (Lipinski definition) is 2. The van der Waals surface area contributed by atoms with Crippen LogP contribution < -0.4 is 5.32 Å². The highest BCUT2D eigenvalue weighted by molar-refractivity contribution is 5.77. The summed E-state index contributed by atoms with van der Waals surface area (Å²) in [6.45, 7) is 5.07. The Morgan fingerprint density at radius 3 is 2.53 bits per heavy atom. The van der Waals surface area contributed by atoms with Crippen LogP contribution in [0.4, 0.5) is 0 Å². The maximum absolute atomic E-state index is 11.6. The highest BCUT2D eigenvalue weighted by Crippen LogP contribution is 2.25. The second-order valence-electron chi connectivity index (χ2n) is 5.16. The summed E-state index contributed by atoms with van der Waals surface area (Å²) in [5, 5.41) is 3.07. The normalized spacial score (nSPS) is 19.6. The van der Waals surface area contributed by atoms with Gasteiger partial charge in [-0.05, 0) is 32.1 Å². The summed E-state index contributed by atoms with van der Waals surface area (Å²) in [7, 11) is 0. The lowest BCUT2D eigenvalue weighted by Gasteiger charge is -2.23. The molecule has 0 spiro atoms. The third-order valence-electron chi connectivity index (χ3n) is 3.58. The van der Waals surface area contributed by atoms with Gasteiger partial charge in [0.05, 0.1) is 0 Å². The van der Waals surface area contributed by atoms with Gasteiger partial charge in [0.2, 0.25) is 5.91 Å². The van der Waals surface area contributed by atoms with E-state index in [4.69, 9.17) is 4.74 Å². The van der Waals surface area contributed by atoms with Crippen LogP contribution in [0.5, 0.6) is 0 Å². The zero-order valence-corrected chi connectivity index (χ0v) is 11.3. The quantitative estimate of drug-likeness (QED) is 0.573. The van der Waals surface area contributed by atoms with Crippen molar-refractivity contribution in [3.8, 4) is 0 Å². The Morgan fingerprint density at radius 2 is 1.94 bits per heavy atom. The van der Waals surface area contributed by atoms with Crippen molar-refractivity contribution in [2.45, 2.75) is 64.8 Å². The van der Waals surface area contributed by atoms with Crippen LogP contribution in [0.15, 0.2) is 0 Å². The predicted molar refractivity (Wildman–Crippen MR) is 69.9 cm³/mol. The fourth-order valence-electron chi connectivity index (χ4n) is 2.53. The second-order valence-corrected chi connectivity index (χ2v) is 5.16. The molecule has 100 valence electrons. The molecule has 3 nitrogen and oxygen atoms in total. The average Bonchev–Trinajstić information content (AvgIpc) is 2.57. The first kappa shape index (κ1) is 14.5. The van der Waals surface area contributed by atoms with Crippen LogP contribution in [0.3, 0.4) is 0 Å². The summed E-state index contributed by atoms with van der Waals surface area (Å²) in [5.41, 5.74) is 0. The minimum absolute atomic E-state index is 0.0372. The largest absolute Gasteiger partial charge is 0.372 e. The third kappa shape index (κ3) is 6.06. The van der Waals surface area contributed by atoms with Crippen molar-refractivity contribution in [1.82, 2.24) is 5.32 Å². The summed E-state index contributed by atoms with van der Waals surface area (Å²) in [4.78, 5) is 11.6. The van der Waals surface area contributed by atoms with Gasteiger partial charge >= 0.3 is 0 Å². The molecule has 1 N–H and O–H groups in total. The van der Waals surface area contributed by atoms with Gasteiger partial charge in [-0.15, -0.1) is 0 Å². The van der Waals surface area contributed by atoms with Crippen molar-refractivity contribution in [3.05, 3.63) is 0 Å². The molecule has 0 bridgehead atoms. The molecule has 1 fully saturated rings. The van der Waals surface area contributed by atoms with Crippen LogP contribution in [-0.2, 0) is 9.53 Å². The van der Waals surface area contributed by atoms with E-state index in [1.165, 1.54) is 38.5 Å². The van der Waals surface area contributed by atoms with E-state index in [1.807, 2.05) is 6.92 Å². The van der Waals surface area contributed by atoms with E-state index >= 15 is 0 Å². The first-order valence-electron chi connectivity index (χ1n) is 7.11. The van der Waals surface area contributed by atoms with Crippen molar-refractivity contribution in [1.29, 1.82) is 0 Å². The molecule has 0 aromatic heterocycles. The maximum Gasteiger partial charge on any atom is 0.246 e. The van der Waals surface area contributed by atoms with Gasteiger partial charge in [-0.1, -0.05) is 32.6 Å². The molecule has 3 heteroatoms. The Bertz CT molecular complexity index is 210. The average molecular weight is 241 g/mol. The molecule has 0 heterocycles. The van der Waals surface area contributed by atoms with Crippen LogP contribution in [0.2, 0.25) is 0 Å². The highest BCUT2D eigenvalue weighted by atomic mass is 16.5. The second kappa shape index (κ2) is 8.51. The van der Waals surface area contributed by atoms with E-state index in [2.05, 4.69) is 12.2 Å². The Kier molecular flexibility index (Phi) is 7.25. The van der Waals surface area contributed by atoms with Crippen molar-refractivity contribution in [3.63, 3.8) is 0 Å². The minimum atomic E-state index is 0.0372.